The van der Waals surface area contributed by atoms with Crippen molar-refractivity contribution in [1.82, 2.24) is 4.90 Å². The van der Waals surface area contributed by atoms with Gasteiger partial charge in [0.2, 0.25) is 11.8 Å². The minimum absolute atomic E-state index is 0.0455. The van der Waals surface area contributed by atoms with Crippen molar-refractivity contribution < 1.29 is 9.59 Å². The number of nitrogens with zero attached hydrogens (tertiary/aromatic N) is 2. The topological polar surface area (TPSA) is 49.7 Å². The Bertz CT molecular complexity index is 588. The van der Waals surface area contributed by atoms with Crippen LogP contribution in [-0.4, -0.2) is 35.5 Å². The van der Waals surface area contributed by atoms with Crippen LogP contribution in [0, 0.1) is 6.92 Å². The van der Waals surface area contributed by atoms with Crippen molar-refractivity contribution in [2.75, 3.05) is 13.1 Å². The van der Waals surface area contributed by atoms with Crippen molar-refractivity contribution in [3.8, 4) is 0 Å². The summed E-state index contributed by atoms with van der Waals surface area (Å²) >= 11 is 0. The van der Waals surface area contributed by atoms with Crippen LogP contribution in [-0.2, 0) is 16.0 Å². The van der Waals surface area contributed by atoms with E-state index in [2.05, 4.69) is 30.1 Å². The standard InChI is InChI=1S/C16H18N2O2/c1-11-2-3-12-6-8-17-14(13(12)10-11)7-9-18-15(19)4-5-16(18)20/h2-3,10H,4-9H2,1H3. The van der Waals surface area contributed by atoms with Crippen LogP contribution in [0.4, 0.5) is 0 Å². The quantitative estimate of drug-likeness (QED) is 0.787. The largest absolute Gasteiger partial charge is 0.289 e. The number of aliphatic imine (C=N–C) groups is 1. The van der Waals surface area contributed by atoms with Crippen molar-refractivity contribution in [2.45, 2.75) is 32.6 Å². The summed E-state index contributed by atoms with van der Waals surface area (Å²) in [6.07, 6.45) is 2.36. The molecule has 0 aliphatic carbocycles. The second kappa shape index (κ2) is 5.19. The highest BCUT2D eigenvalue weighted by Crippen LogP contribution is 2.20. The van der Waals surface area contributed by atoms with Gasteiger partial charge in [0, 0.05) is 38.1 Å². The summed E-state index contributed by atoms with van der Waals surface area (Å²) in [5.41, 5.74) is 4.75. The van der Waals surface area contributed by atoms with Gasteiger partial charge in [-0.3, -0.25) is 19.5 Å². The van der Waals surface area contributed by atoms with Crippen molar-refractivity contribution >= 4 is 17.5 Å². The van der Waals surface area contributed by atoms with E-state index >= 15 is 0 Å². The van der Waals surface area contributed by atoms with E-state index in [4.69, 9.17) is 0 Å². The van der Waals surface area contributed by atoms with Crippen molar-refractivity contribution in [3.63, 3.8) is 0 Å². The van der Waals surface area contributed by atoms with Crippen molar-refractivity contribution in [2.24, 2.45) is 4.99 Å². The lowest BCUT2D eigenvalue weighted by Gasteiger charge is -2.20. The maximum atomic E-state index is 11.6. The van der Waals surface area contributed by atoms with Crippen molar-refractivity contribution in [3.05, 3.63) is 34.9 Å². The first kappa shape index (κ1) is 13.0. The lowest BCUT2D eigenvalue weighted by Crippen LogP contribution is -2.31. The zero-order valence-electron chi connectivity index (χ0n) is 11.7. The highest BCUT2D eigenvalue weighted by molar-refractivity contribution is 6.05. The van der Waals surface area contributed by atoms with Crippen LogP contribution in [0.25, 0.3) is 0 Å². The van der Waals surface area contributed by atoms with Crippen LogP contribution in [0.3, 0.4) is 0 Å². The van der Waals surface area contributed by atoms with Gasteiger partial charge in [0.05, 0.1) is 0 Å². The van der Waals surface area contributed by atoms with E-state index in [9.17, 15) is 9.59 Å². The maximum absolute atomic E-state index is 11.6. The van der Waals surface area contributed by atoms with Crippen LogP contribution in [0.1, 0.15) is 36.0 Å². The average Bonchev–Trinajstić information content (AvgIpc) is 2.76. The molecule has 4 heteroatoms. The predicted octanol–water partition coefficient (Wildman–Crippen LogP) is 1.88. The number of likely N-dealkylation sites (tertiary alicyclic amines) is 1. The van der Waals surface area contributed by atoms with Gasteiger partial charge in [-0.25, -0.2) is 0 Å². The molecule has 2 amide bonds. The van der Waals surface area contributed by atoms with Crippen LogP contribution in [0.15, 0.2) is 23.2 Å². The Morgan fingerprint density at radius 1 is 1.15 bits per heavy atom. The molecule has 20 heavy (non-hydrogen) atoms. The average molecular weight is 270 g/mol. The number of carbonyl (C=O) groups is 2. The molecule has 0 aromatic heterocycles. The molecule has 1 fully saturated rings. The van der Waals surface area contributed by atoms with Gasteiger partial charge < -0.3 is 0 Å². The smallest absolute Gasteiger partial charge is 0.229 e. The summed E-state index contributed by atoms with van der Waals surface area (Å²) in [5.74, 6) is -0.0910. The third-order valence-corrected chi connectivity index (χ3v) is 3.99. The summed E-state index contributed by atoms with van der Waals surface area (Å²) in [6, 6.07) is 6.43. The van der Waals surface area contributed by atoms with E-state index in [-0.39, 0.29) is 11.8 Å². The van der Waals surface area contributed by atoms with E-state index in [1.807, 2.05) is 0 Å². The fraction of sp³-hybridized carbons (Fsp3) is 0.438. The Balaban J connectivity index is 1.76. The molecule has 0 spiro atoms. The molecule has 0 atom stereocenters. The molecule has 3 rings (SSSR count). The minimum Gasteiger partial charge on any atom is -0.289 e. The van der Waals surface area contributed by atoms with Crippen LogP contribution in [0.5, 0.6) is 0 Å². The molecular weight excluding hydrogens is 252 g/mol. The summed E-state index contributed by atoms with van der Waals surface area (Å²) in [5, 5.41) is 0. The van der Waals surface area contributed by atoms with Gasteiger partial charge in [-0.2, -0.15) is 0 Å². The highest BCUT2D eigenvalue weighted by atomic mass is 16.2. The van der Waals surface area contributed by atoms with E-state index in [1.54, 1.807) is 0 Å². The molecule has 2 aliphatic heterocycles. The van der Waals surface area contributed by atoms with Crippen LogP contribution in [0.2, 0.25) is 0 Å². The molecule has 0 bridgehead atoms. The number of amides is 2. The molecular formula is C16H18N2O2. The summed E-state index contributed by atoms with van der Waals surface area (Å²) < 4.78 is 0. The number of imide groups is 1. The van der Waals surface area contributed by atoms with Crippen LogP contribution >= 0.6 is 0 Å². The maximum Gasteiger partial charge on any atom is 0.229 e. The molecule has 0 saturated carbocycles. The Hall–Kier alpha value is -1.97. The molecule has 104 valence electrons. The molecule has 0 N–H and O–H groups in total. The van der Waals surface area contributed by atoms with Crippen molar-refractivity contribution in [1.29, 1.82) is 0 Å². The monoisotopic (exact) mass is 270 g/mol. The number of rotatable bonds is 3. The Kier molecular flexibility index (Phi) is 3.38. The number of aryl methyl sites for hydroxylation is 1. The number of carbonyl (C=O) groups excluding carboxylic acids is 2. The highest BCUT2D eigenvalue weighted by Gasteiger charge is 2.29. The Labute approximate surface area is 118 Å². The summed E-state index contributed by atoms with van der Waals surface area (Å²) in [4.78, 5) is 29.2. The van der Waals surface area contributed by atoms with Gasteiger partial charge in [0.1, 0.15) is 0 Å². The molecule has 2 aliphatic rings. The predicted molar refractivity (Wildman–Crippen MR) is 76.9 cm³/mol. The zero-order valence-corrected chi connectivity index (χ0v) is 11.7. The Morgan fingerprint density at radius 3 is 2.65 bits per heavy atom. The van der Waals surface area contributed by atoms with E-state index in [1.165, 1.54) is 21.6 Å². The van der Waals surface area contributed by atoms with E-state index < -0.39 is 0 Å². The second-order valence-corrected chi connectivity index (χ2v) is 5.43. The Morgan fingerprint density at radius 2 is 1.90 bits per heavy atom. The first-order chi connectivity index (χ1) is 9.65. The fourth-order valence-corrected chi connectivity index (χ4v) is 2.88. The number of fused-ring (bicyclic) bond motifs is 1. The molecule has 2 heterocycles. The van der Waals surface area contributed by atoms with E-state index in [0.29, 0.717) is 25.8 Å². The summed E-state index contributed by atoms with van der Waals surface area (Å²) in [6.45, 7) is 3.33. The SMILES string of the molecule is Cc1ccc2c(c1)C(CCN1C(=O)CCC1=O)=NCC2. The van der Waals surface area contributed by atoms with E-state index in [0.717, 1.165) is 18.7 Å². The molecule has 1 aromatic carbocycles. The van der Waals surface area contributed by atoms with Gasteiger partial charge in [-0.1, -0.05) is 17.7 Å². The molecule has 0 radical (unpaired) electrons. The first-order valence-corrected chi connectivity index (χ1v) is 7.11. The van der Waals surface area contributed by atoms with Gasteiger partial charge in [-0.15, -0.1) is 0 Å². The lowest BCUT2D eigenvalue weighted by atomic mass is 9.94. The molecule has 1 aromatic rings. The molecule has 4 nitrogen and oxygen atoms in total. The first-order valence-electron chi connectivity index (χ1n) is 7.11. The van der Waals surface area contributed by atoms with Crippen LogP contribution < -0.4 is 0 Å². The fourth-order valence-electron chi connectivity index (χ4n) is 2.88. The van der Waals surface area contributed by atoms with Gasteiger partial charge in [0.25, 0.3) is 0 Å². The normalized spacial score (nSPS) is 18.2. The lowest BCUT2D eigenvalue weighted by molar-refractivity contribution is -0.138. The van der Waals surface area contributed by atoms with Gasteiger partial charge in [-0.05, 0) is 30.5 Å². The molecule has 0 unspecified atom stereocenters. The summed E-state index contributed by atoms with van der Waals surface area (Å²) in [7, 11) is 0. The second-order valence-electron chi connectivity index (χ2n) is 5.43. The third kappa shape index (κ3) is 2.38. The number of hydrogen-bond donors (Lipinski definition) is 0. The number of benzene rings is 1. The minimum atomic E-state index is -0.0455. The van der Waals surface area contributed by atoms with Gasteiger partial charge in [0.15, 0.2) is 0 Å². The zero-order chi connectivity index (χ0) is 14.1. The number of hydrogen-bond acceptors (Lipinski definition) is 3. The third-order valence-electron chi connectivity index (χ3n) is 3.99. The van der Waals surface area contributed by atoms with Gasteiger partial charge >= 0.3 is 0 Å². The molecule has 1 saturated heterocycles.